The normalized spacial score (nSPS) is 12.4. The fraction of sp³-hybridized carbons (Fsp3) is 0.235. The van der Waals surface area contributed by atoms with E-state index in [1.165, 1.54) is 41.3 Å². The van der Waals surface area contributed by atoms with Gasteiger partial charge in [0.1, 0.15) is 17.3 Å². The van der Waals surface area contributed by atoms with Crippen molar-refractivity contribution in [3.8, 4) is 0 Å². The number of anilines is 1. The molecule has 1 N–H and O–H groups in total. The summed E-state index contributed by atoms with van der Waals surface area (Å²) in [5, 5.41) is 9.26. The summed E-state index contributed by atoms with van der Waals surface area (Å²) in [7, 11) is 3.15. The van der Waals surface area contributed by atoms with E-state index in [1.54, 1.807) is 14.1 Å². The average Bonchev–Trinajstić information content (AvgIpc) is 2.52. The molecule has 0 saturated heterocycles. The van der Waals surface area contributed by atoms with E-state index in [-0.39, 0.29) is 12.4 Å². The molecule has 0 atom stereocenters. The maximum absolute atomic E-state index is 13.1. The Bertz CT molecular complexity index is 737. The highest BCUT2D eigenvalue weighted by Crippen LogP contribution is 2.34. The summed E-state index contributed by atoms with van der Waals surface area (Å²) in [4.78, 5) is 5.15. The van der Waals surface area contributed by atoms with Crippen molar-refractivity contribution in [2.24, 2.45) is 0 Å². The molecule has 0 aliphatic rings. The van der Waals surface area contributed by atoms with Crippen LogP contribution in [0.15, 0.2) is 42.5 Å². The van der Waals surface area contributed by atoms with Gasteiger partial charge >= 0.3 is 6.18 Å². The van der Waals surface area contributed by atoms with Gasteiger partial charge in [0, 0.05) is 19.7 Å². The standard InChI is InChI=1S/C17H16F4N2O/c1-23(2)16-14(7-8-15(22-16)17(19,20)21)13(9-10-24)11-3-5-12(18)6-4-11/h3-9,24H,10H2,1-2H3/b13-9+. The van der Waals surface area contributed by atoms with E-state index in [0.29, 0.717) is 16.7 Å². The summed E-state index contributed by atoms with van der Waals surface area (Å²) in [6, 6.07) is 7.66. The van der Waals surface area contributed by atoms with Crippen molar-refractivity contribution in [2.75, 3.05) is 25.6 Å². The Kier molecular flexibility index (Phi) is 5.23. The molecule has 24 heavy (non-hydrogen) atoms. The Balaban J connectivity index is 2.62. The van der Waals surface area contributed by atoms with Crippen LogP contribution in [-0.2, 0) is 6.18 Å². The second-order valence-electron chi connectivity index (χ2n) is 5.27. The summed E-state index contributed by atoms with van der Waals surface area (Å²) < 4.78 is 51.8. The highest BCUT2D eigenvalue weighted by Gasteiger charge is 2.33. The summed E-state index contributed by atoms with van der Waals surface area (Å²) >= 11 is 0. The molecule has 0 spiro atoms. The fourth-order valence-electron chi connectivity index (χ4n) is 2.26. The Labute approximate surface area is 136 Å². The molecule has 0 aliphatic heterocycles. The fourth-order valence-corrected chi connectivity index (χ4v) is 2.26. The van der Waals surface area contributed by atoms with Crippen LogP contribution in [0.25, 0.3) is 5.57 Å². The molecule has 2 rings (SSSR count). The molecule has 0 saturated carbocycles. The van der Waals surface area contributed by atoms with E-state index >= 15 is 0 Å². The van der Waals surface area contributed by atoms with Gasteiger partial charge in [-0.05, 0) is 35.4 Å². The van der Waals surface area contributed by atoms with Gasteiger partial charge in [-0.25, -0.2) is 9.37 Å². The first-order valence-corrected chi connectivity index (χ1v) is 7.07. The van der Waals surface area contributed by atoms with Crippen LogP contribution in [-0.4, -0.2) is 30.8 Å². The van der Waals surface area contributed by atoms with Crippen LogP contribution in [0.2, 0.25) is 0 Å². The molecule has 1 aromatic carbocycles. The average molecular weight is 340 g/mol. The van der Waals surface area contributed by atoms with Crippen LogP contribution < -0.4 is 4.90 Å². The molecule has 0 unspecified atom stereocenters. The molecule has 0 bridgehead atoms. The van der Waals surface area contributed by atoms with E-state index in [2.05, 4.69) is 4.98 Å². The minimum absolute atomic E-state index is 0.105. The third-order valence-electron chi connectivity index (χ3n) is 3.33. The number of rotatable bonds is 4. The number of aliphatic hydroxyl groups excluding tert-OH is 1. The minimum Gasteiger partial charge on any atom is -0.392 e. The number of alkyl halides is 3. The first-order chi connectivity index (χ1) is 11.2. The molecular formula is C17H16F4N2O. The van der Waals surface area contributed by atoms with E-state index in [4.69, 9.17) is 0 Å². The van der Waals surface area contributed by atoms with Gasteiger partial charge in [-0.2, -0.15) is 13.2 Å². The maximum atomic E-state index is 13.1. The number of hydrogen-bond acceptors (Lipinski definition) is 3. The Morgan fingerprint density at radius 1 is 1.12 bits per heavy atom. The summed E-state index contributed by atoms with van der Waals surface area (Å²) in [5.41, 5.74) is 0.448. The largest absolute Gasteiger partial charge is 0.433 e. The lowest BCUT2D eigenvalue weighted by Crippen LogP contribution is -2.17. The van der Waals surface area contributed by atoms with Gasteiger partial charge in [0.05, 0.1) is 6.61 Å². The van der Waals surface area contributed by atoms with E-state index in [1.807, 2.05) is 0 Å². The Hall–Kier alpha value is -2.41. The lowest BCUT2D eigenvalue weighted by molar-refractivity contribution is -0.141. The van der Waals surface area contributed by atoms with Crippen molar-refractivity contribution < 1.29 is 22.7 Å². The van der Waals surface area contributed by atoms with E-state index in [0.717, 1.165) is 6.07 Å². The highest BCUT2D eigenvalue weighted by molar-refractivity contribution is 5.85. The molecule has 1 heterocycles. The maximum Gasteiger partial charge on any atom is 0.433 e. The number of benzene rings is 1. The molecule has 3 nitrogen and oxygen atoms in total. The van der Waals surface area contributed by atoms with Crippen LogP contribution in [0.1, 0.15) is 16.8 Å². The predicted octanol–water partition coefficient (Wildman–Crippen LogP) is 3.73. The number of aliphatic hydroxyl groups is 1. The number of halogens is 4. The quantitative estimate of drug-likeness (QED) is 0.862. The minimum atomic E-state index is -4.56. The predicted molar refractivity (Wildman–Crippen MR) is 84.1 cm³/mol. The van der Waals surface area contributed by atoms with Crippen molar-refractivity contribution in [2.45, 2.75) is 6.18 Å². The number of nitrogens with zero attached hydrogens (tertiary/aromatic N) is 2. The lowest BCUT2D eigenvalue weighted by Gasteiger charge is -2.20. The number of hydrogen-bond donors (Lipinski definition) is 1. The van der Waals surface area contributed by atoms with Gasteiger partial charge in [0.25, 0.3) is 0 Å². The van der Waals surface area contributed by atoms with E-state index in [9.17, 15) is 22.7 Å². The molecule has 0 radical (unpaired) electrons. The monoisotopic (exact) mass is 340 g/mol. The zero-order valence-electron chi connectivity index (χ0n) is 13.1. The molecule has 0 aliphatic carbocycles. The van der Waals surface area contributed by atoms with Crippen LogP contribution in [0.3, 0.4) is 0 Å². The second-order valence-corrected chi connectivity index (χ2v) is 5.27. The number of pyridine rings is 1. The Morgan fingerprint density at radius 3 is 2.25 bits per heavy atom. The molecule has 7 heteroatoms. The highest BCUT2D eigenvalue weighted by atomic mass is 19.4. The van der Waals surface area contributed by atoms with Crippen LogP contribution in [0.4, 0.5) is 23.4 Å². The molecule has 0 amide bonds. The van der Waals surface area contributed by atoms with Crippen molar-refractivity contribution in [1.29, 1.82) is 0 Å². The third kappa shape index (κ3) is 3.91. The zero-order valence-corrected chi connectivity index (χ0v) is 13.1. The summed E-state index contributed by atoms with van der Waals surface area (Å²) in [6.45, 7) is -0.319. The van der Waals surface area contributed by atoms with Gasteiger partial charge in [-0.15, -0.1) is 0 Å². The first-order valence-electron chi connectivity index (χ1n) is 7.07. The molecule has 0 fully saturated rings. The SMILES string of the molecule is CN(C)c1nc(C(F)(F)F)ccc1/C(=C/CO)c1ccc(F)cc1. The van der Waals surface area contributed by atoms with Crippen LogP contribution in [0, 0.1) is 5.82 Å². The topological polar surface area (TPSA) is 36.4 Å². The molecular weight excluding hydrogens is 324 g/mol. The van der Waals surface area contributed by atoms with Crippen LogP contribution in [0.5, 0.6) is 0 Å². The smallest absolute Gasteiger partial charge is 0.392 e. The van der Waals surface area contributed by atoms with Crippen molar-refractivity contribution in [3.05, 3.63) is 65.1 Å². The van der Waals surface area contributed by atoms with Gasteiger partial charge < -0.3 is 10.0 Å². The number of aromatic nitrogens is 1. The third-order valence-corrected chi connectivity index (χ3v) is 3.33. The second kappa shape index (κ2) is 7.00. The van der Waals surface area contributed by atoms with Gasteiger partial charge in [0.2, 0.25) is 0 Å². The summed E-state index contributed by atoms with van der Waals surface area (Å²) in [5.74, 6) is -0.325. The zero-order chi connectivity index (χ0) is 17.9. The molecule has 128 valence electrons. The van der Waals surface area contributed by atoms with Crippen molar-refractivity contribution in [1.82, 2.24) is 4.98 Å². The summed E-state index contributed by atoms with van der Waals surface area (Å²) in [6.07, 6.45) is -3.11. The van der Waals surface area contributed by atoms with Gasteiger partial charge in [0.15, 0.2) is 0 Å². The lowest BCUT2D eigenvalue weighted by atomic mass is 9.97. The molecule has 1 aromatic heterocycles. The van der Waals surface area contributed by atoms with E-state index < -0.39 is 17.7 Å². The molecule has 2 aromatic rings. The van der Waals surface area contributed by atoms with Crippen molar-refractivity contribution in [3.63, 3.8) is 0 Å². The Morgan fingerprint density at radius 2 is 1.75 bits per heavy atom. The van der Waals surface area contributed by atoms with Crippen molar-refractivity contribution >= 4 is 11.4 Å². The van der Waals surface area contributed by atoms with Gasteiger partial charge in [-0.1, -0.05) is 18.2 Å². The van der Waals surface area contributed by atoms with Crippen LogP contribution >= 0.6 is 0 Å². The van der Waals surface area contributed by atoms with Gasteiger partial charge in [-0.3, -0.25) is 0 Å². The first kappa shape index (κ1) is 17.9.